The van der Waals surface area contributed by atoms with E-state index >= 15 is 0 Å². The van der Waals surface area contributed by atoms with Crippen molar-refractivity contribution >= 4 is 63.7 Å². The third-order valence-corrected chi connectivity index (χ3v) is 3.72. The van der Waals surface area contributed by atoms with Crippen LogP contribution in [-0.4, -0.2) is 0 Å². The topological polar surface area (TPSA) is 0 Å². The van der Waals surface area contributed by atoms with Gasteiger partial charge < -0.3 is 0 Å². The maximum Gasteiger partial charge on any atom is 0.0176 e. The molecule has 2 aromatic carbocycles. The molecule has 0 N–H and O–H groups in total. The Bertz CT molecular complexity index is 334. The van der Waals surface area contributed by atoms with Crippen molar-refractivity contribution in [3.8, 4) is 0 Å². The molecular weight excluding hydrogens is 464 g/mol. The molecule has 0 aromatic heterocycles. The van der Waals surface area contributed by atoms with Gasteiger partial charge in [-0.25, -0.2) is 0 Å². The summed E-state index contributed by atoms with van der Waals surface area (Å²) in [5.41, 5.74) is 0. The molecule has 0 nitrogen and oxygen atoms in total. The number of hydrogen-bond acceptors (Lipinski definition) is 0. The molecule has 0 aliphatic heterocycles. The SMILES string of the molecule is Brc1ccc(Br)cc1.Brc1ccc(Br)cc1. The second-order valence-electron chi connectivity index (χ2n) is 2.87. The maximum absolute atomic E-state index is 3.32. The van der Waals surface area contributed by atoms with Gasteiger partial charge in [0.25, 0.3) is 0 Å². The van der Waals surface area contributed by atoms with Crippen LogP contribution < -0.4 is 0 Å². The Morgan fingerprint density at radius 1 is 0.375 bits per heavy atom. The Balaban J connectivity index is 0.000000160. The van der Waals surface area contributed by atoms with E-state index in [9.17, 15) is 0 Å². The van der Waals surface area contributed by atoms with Gasteiger partial charge in [0.2, 0.25) is 0 Å². The van der Waals surface area contributed by atoms with E-state index in [1.807, 2.05) is 48.5 Å². The Morgan fingerprint density at radius 3 is 0.625 bits per heavy atom. The molecule has 16 heavy (non-hydrogen) atoms. The zero-order valence-electron chi connectivity index (χ0n) is 8.13. The molecule has 2 rings (SSSR count). The lowest BCUT2D eigenvalue weighted by molar-refractivity contribution is 1.61. The standard InChI is InChI=1S/2C6H4Br2/c2*7-5-1-2-6(8)4-3-5/h2*1-4H. The summed E-state index contributed by atoms with van der Waals surface area (Å²) < 4.78 is 4.45. The van der Waals surface area contributed by atoms with E-state index in [-0.39, 0.29) is 0 Å². The first kappa shape index (κ1) is 14.4. The lowest BCUT2D eigenvalue weighted by Crippen LogP contribution is -1.61. The average molecular weight is 472 g/mol. The van der Waals surface area contributed by atoms with Crippen molar-refractivity contribution in [2.24, 2.45) is 0 Å². The molecule has 0 radical (unpaired) electrons. The molecule has 0 aliphatic carbocycles. The fraction of sp³-hybridized carbons (Fsp3) is 0. The molecule has 0 fully saturated rings. The second-order valence-corrected chi connectivity index (χ2v) is 6.54. The Hall–Kier alpha value is 0.360. The van der Waals surface area contributed by atoms with E-state index in [0.717, 1.165) is 17.9 Å². The summed E-state index contributed by atoms with van der Waals surface area (Å²) >= 11 is 13.3. The number of hydrogen-bond donors (Lipinski definition) is 0. The van der Waals surface area contributed by atoms with Gasteiger partial charge in [0, 0.05) is 17.9 Å². The largest absolute Gasteiger partial charge is 0.0508 e. The monoisotopic (exact) mass is 468 g/mol. The maximum atomic E-state index is 3.32. The van der Waals surface area contributed by atoms with E-state index in [0.29, 0.717) is 0 Å². The summed E-state index contributed by atoms with van der Waals surface area (Å²) in [6.45, 7) is 0. The lowest BCUT2D eigenvalue weighted by atomic mass is 10.4. The third-order valence-electron chi connectivity index (χ3n) is 1.61. The van der Waals surface area contributed by atoms with Crippen LogP contribution in [0.4, 0.5) is 0 Å². The minimum atomic E-state index is 1.11. The lowest BCUT2D eigenvalue weighted by Gasteiger charge is -1.86. The van der Waals surface area contributed by atoms with Crippen LogP contribution in [0.1, 0.15) is 0 Å². The van der Waals surface area contributed by atoms with E-state index in [1.165, 1.54) is 0 Å². The quantitative estimate of drug-likeness (QED) is 0.416. The van der Waals surface area contributed by atoms with Crippen molar-refractivity contribution in [3.63, 3.8) is 0 Å². The van der Waals surface area contributed by atoms with E-state index in [1.54, 1.807) is 0 Å². The minimum absolute atomic E-state index is 1.11. The van der Waals surface area contributed by atoms with Crippen LogP contribution in [0.3, 0.4) is 0 Å². The van der Waals surface area contributed by atoms with Crippen molar-refractivity contribution in [2.75, 3.05) is 0 Å². The van der Waals surface area contributed by atoms with Gasteiger partial charge in [-0.3, -0.25) is 0 Å². The normalized spacial score (nSPS) is 9.25. The molecule has 0 spiro atoms. The van der Waals surface area contributed by atoms with E-state index < -0.39 is 0 Å². The van der Waals surface area contributed by atoms with Gasteiger partial charge in [0.15, 0.2) is 0 Å². The van der Waals surface area contributed by atoms with Crippen LogP contribution in [0.15, 0.2) is 66.4 Å². The number of benzene rings is 2. The van der Waals surface area contributed by atoms with Crippen LogP contribution >= 0.6 is 63.7 Å². The summed E-state index contributed by atoms with van der Waals surface area (Å²) in [6.07, 6.45) is 0. The number of rotatable bonds is 0. The molecule has 0 unspecified atom stereocenters. The van der Waals surface area contributed by atoms with Crippen molar-refractivity contribution in [2.45, 2.75) is 0 Å². The van der Waals surface area contributed by atoms with Crippen LogP contribution in [0.25, 0.3) is 0 Å². The summed E-state index contributed by atoms with van der Waals surface area (Å²) in [5, 5.41) is 0. The molecule has 2 aromatic rings. The number of halogens is 4. The van der Waals surface area contributed by atoms with Gasteiger partial charge in [0.05, 0.1) is 0 Å². The van der Waals surface area contributed by atoms with Gasteiger partial charge in [0.1, 0.15) is 0 Å². The molecule has 4 heteroatoms. The van der Waals surface area contributed by atoms with Crippen LogP contribution in [0.5, 0.6) is 0 Å². The predicted molar refractivity (Wildman–Crippen MR) is 83.7 cm³/mol. The Morgan fingerprint density at radius 2 is 0.500 bits per heavy atom. The highest BCUT2D eigenvalue weighted by atomic mass is 79.9. The smallest absolute Gasteiger partial charge is 0.0176 e. The van der Waals surface area contributed by atoms with Crippen LogP contribution in [0, 0.1) is 0 Å². The fourth-order valence-corrected chi connectivity index (χ4v) is 1.92. The molecule has 0 heterocycles. The molecule has 0 saturated heterocycles. The molecule has 0 aliphatic rings. The average Bonchev–Trinajstić information content (AvgIpc) is 2.28. The van der Waals surface area contributed by atoms with Crippen molar-refractivity contribution in [3.05, 3.63) is 66.4 Å². The molecule has 84 valence electrons. The highest BCUT2D eigenvalue weighted by molar-refractivity contribution is 9.11. The first-order chi connectivity index (χ1) is 7.58. The van der Waals surface area contributed by atoms with Gasteiger partial charge in [-0.2, -0.15) is 0 Å². The highest BCUT2D eigenvalue weighted by Gasteiger charge is 1.83. The van der Waals surface area contributed by atoms with E-state index in [4.69, 9.17) is 0 Å². The van der Waals surface area contributed by atoms with Gasteiger partial charge in [-0.15, -0.1) is 0 Å². The summed E-state index contributed by atoms with van der Waals surface area (Å²) in [5.74, 6) is 0. The first-order valence-electron chi connectivity index (χ1n) is 4.40. The Labute approximate surface area is 129 Å². The second kappa shape index (κ2) is 7.64. The zero-order chi connectivity index (χ0) is 12.0. The first-order valence-corrected chi connectivity index (χ1v) is 7.57. The highest BCUT2D eigenvalue weighted by Crippen LogP contribution is 2.14. The third kappa shape index (κ3) is 6.18. The molecule has 0 atom stereocenters. The predicted octanol–water partition coefficient (Wildman–Crippen LogP) is 6.42. The van der Waals surface area contributed by atoms with Gasteiger partial charge >= 0.3 is 0 Å². The zero-order valence-corrected chi connectivity index (χ0v) is 14.5. The van der Waals surface area contributed by atoms with Gasteiger partial charge in [-0.05, 0) is 48.5 Å². The van der Waals surface area contributed by atoms with Crippen LogP contribution in [-0.2, 0) is 0 Å². The Kier molecular flexibility index (Phi) is 6.89. The fourth-order valence-electron chi connectivity index (χ4n) is 0.859. The van der Waals surface area contributed by atoms with E-state index in [2.05, 4.69) is 63.7 Å². The summed E-state index contributed by atoms with van der Waals surface area (Å²) in [7, 11) is 0. The molecular formula is C12H8Br4. The summed E-state index contributed by atoms with van der Waals surface area (Å²) in [4.78, 5) is 0. The molecule has 0 amide bonds. The minimum Gasteiger partial charge on any atom is -0.0508 e. The summed E-state index contributed by atoms with van der Waals surface area (Å²) in [6, 6.07) is 15.9. The molecule has 0 bridgehead atoms. The van der Waals surface area contributed by atoms with Crippen molar-refractivity contribution in [1.82, 2.24) is 0 Å². The van der Waals surface area contributed by atoms with Crippen molar-refractivity contribution in [1.29, 1.82) is 0 Å². The van der Waals surface area contributed by atoms with Crippen molar-refractivity contribution < 1.29 is 0 Å². The van der Waals surface area contributed by atoms with Gasteiger partial charge in [-0.1, -0.05) is 63.7 Å². The molecule has 0 saturated carbocycles. The van der Waals surface area contributed by atoms with Crippen LogP contribution in [0.2, 0.25) is 0 Å².